The lowest BCUT2D eigenvalue weighted by Gasteiger charge is -2.18. The molecule has 1 atom stereocenters. The number of fused-ring (bicyclic) bond motifs is 1. The Hall–Kier alpha value is -2.33. The molecule has 0 bridgehead atoms. The fourth-order valence-electron chi connectivity index (χ4n) is 3.80. The molecule has 2 heterocycles. The van der Waals surface area contributed by atoms with Gasteiger partial charge >= 0.3 is 0 Å². The van der Waals surface area contributed by atoms with Crippen molar-refractivity contribution in [1.29, 1.82) is 0 Å². The molecule has 5 heteroatoms. The van der Waals surface area contributed by atoms with E-state index >= 15 is 0 Å². The number of para-hydroxylation sites is 2. The summed E-state index contributed by atoms with van der Waals surface area (Å²) in [6.45, 7) is 6.04. The molecule has 27 heavy (non-hydrogen) atoms. The van der Waals surface area contributed by atoms with Crippen LogP contribution in [-0.4, -0.2) is 22.0 Å². The standard InChI is InChI=1S/C22H24ClN3O/c1-15(2)10-11-25-20-9-4-3-8-19(20)24-22(25)16-12-21(27)26(14-16)18-7-5-6-17(23)13-18/h3-9,13,15-16H,10-12,14H2,1-2H3. The SMILES string of the molecule is CC(C)CCn1c(C2CC(=O)N(c3cccc(Cl)c3)C2)nc2ccccc21. The van der Waals surface area contributed by atoms with Crippen molar-refractivity contribution in [2.45, 2.75) is 39.2 Å². The van der Waals surface area contributed by atoms with Gasteiger partial charge in [-0.3, -0.25) is 4.79 Å². The fraction of sp³-hybridized carbons (Fsp3) is 0.364. The molecule has 4 rings (SSSR count). The number of nitrogens with zero attached hydrogens (tertiary/aromatic N) is 3. The molecule has 2 aromatic carbocycles. The number of hydrogen-bond donors (Lipinski definition) is 0. The first-order valence-electron chi connectivity index (χ1n) is 9.54. The summed E-state index contributed by atoms with van der Waals surface area (Å²) in [6, 6.07) is 15.7. The number of aromatic nitrogens is 2. The largest absolute Gasteiger partial charge is 0.328 e. The summed E-state index contributed by atoms with van der Waals surface area (Å²) in [6.07, 6.45) is 1.57. The third kappa shape index (κ3) is 3.59. The lowest BCUT2D eigenvalue weighted by Crippen LogP contribution is -2.24. The average molecular weight is 382 g/mol. The highest BCUT2D eigenvalue weighted by molar-refractivity contribution is 6.30. The lowest BCUT2D eigenvalue weighted by atomic mass is 10.1. The first-order chi connectivity index (χ1) is 13.0. The first-order valence-corrected chi connectivity index (χ1v) is 9.92. The molecule has 0 radical (unpaired) electrons. The third-order valence-electron chi connectivity index (χ3n) is 5.22. The maximum absolute atomic E-state index is 12.7. The van der Waals surface area contributed by atoms with Crippen molar-refractivity contribution < 1.29 is 4.79 Å². The van der Waals surface area contributed by atoms with Crippen LogP contribution in [0.5, 0.6) is 0 Å². The number of carbonyl (C=O) groups excluding carboxylic acids is 1. The molecule has 0 aliphatic carbocycles. The van der Waals surface area contributed by atoms with Crippen LogP contribution in [0.2, 0.25) is 5.02 Å². The maximum Gasteiger partial charge on any atom is 0.227 e. The van der Waals surface area contributed by atoms with Gasteiger partial charge in [-0.1, -0.05) is 43.6 Å². The number of imidazole rings is 1. The molecule has 1 aliphatic rings. The van der Waals surface area contributed by atoms with Gasteiger partial charge in [-0.25, -0.2) is 4.98 Å². The Morgan fingerprint density at radius 1 is 1.19 bits per heavy atom. The highest BCUT2D eigenvalue weighted by Gasteiger charge is 2.34. The minimum Gasteiger partial charge on any atom is -0.328 e. The van der Waals surface area contributed by atoms with Crippen molar-refractivity contribution in [3.63, 3.8) is 0 Å². The Morgan fingerprint density at radius 2 is 2.00 bits per heavy atom. The van der Waals surface area contributed by atoms with Gasteiger partial charge < -0.3 is 9.47 Å². The summed E-state index contributed by atoms with van der Waals surface area (Å²) in [7, 11) is 0. The van der Waals surface area contributed by atoms with Crippen molar-refractivity contribution in [2.24, 2.45) is 5.92 Å². The average Bonchev–Trinajstić information content (AvgIpc) is 3.20. The molecule has 0 saturated carbocycles. The van der Waals surface area contributed by atoms with Crippen molar-refractivity contribution in [2.75, 3.05) is 11.4 Å². The van der Waals surface area contributed by atoms with Gasteiger partial charge in [0.05, 0.1) is 11.0 Å². The van der Waals surface area contributed by atoms with Crippen LogP contribution in [0.4, 0.5) is 5.69 Å². The molecule has 1 amide bonds. The summed E-state index contributed by atoms with van der Waals surface area (Å²) < 4.78 is 2.31. The third-order valence-corrected chi connectivity index (χ3v) is 5.46. The normalized spacial score (nSPS) is 17.4. The summed E-state index contributed by atoms with van der Waals surface area (Å²) in [4.78, 5) is 19.5. The van der Waals surface area contributed by atoms with Crippen LogP contribution in [0.15, 0.2) is 48.5 Å². The van der Waals surface area contributed by atoms with Gasteiger partial charge in [-0.15, -0.1) is 0 Å². The molecule has 0 N–H and O–H groups in total. The molecule has 140 valence electrons. The van der Waals surface area contributed by atoms with Crippen LogP contribution >= 0.6 is 11.6 Å². The Bertz CT molecular complexity index is 979. The Balaban J connectivity index is 1.68. The highest BCUT2D eigenvalue weighted by Crippen LogP contribution is 2.34. The zero-order valence-corrected chi connectivity index (χ0v) is 16.5. The second kappa shape index (κ2) is 7.35. The van der Waals surface area contributed by atoms with E-state index in [4.69, 9.17) is 16.6 Å². The van der Waals surface area contributed by atoms with Crippen LogP contribution in [0.25, 0.3) is 11.0 Å². The van der Waals surface area contributed by atoms with Gasteiger partial charge in [0.15, 0.2) is 0 Å². The smallest absolute Gasteiger partial charge is 0.227 e. The summed E-state index contributed by atoms with van der Waals surface area (Å²) in [5.41, 5.74) is 3.02. The number of halogens is 1. The number of aryl methyl sites for hydroxylation is 1. The Labute approximate surface area is 164 Å². The van der Waals surface area contributed by atoms with Crippen LogP contribution < -0.4 is 4.90 Å². The Morgan fingerprint density at radius 3 is 2.78 bits per heavy atom. The van der Waals surface area contributed by atoms with Crippen molar-refractivity contribution >= 4 is 34.2 Å². The van der Waals surface area contributed by atoms with Gasteiger partial charge in [-0.05, 0) is 42.7 Å². The first kappa shape index (κ1) is 18.1. The van der Waals surface area contributed by atoms with Crippen LogP contribution in [0.1, 0.15) is 38.4 Å². The topological polar surface area (TPSA) is 38.1 Å². The predicted octanol–water partition coefficient (Wildman–Crippen LogP) is 5.26. The minimum absolute atomic E-state index is 0.0936. The van der Waals surface area contributed by atoms with Gasteiger partial charge in [0.2, 0.25) is 5.91 Å². The summed E-state index contributed by atoms with van der Waals surface area (Å²) in [5, 5.41) is 0.646. The van der Waals surface area contributed by atoms with E-state index in [1.165, 1.54) is 0 Å². The predicted molar refractivity (Wildman–Crippen MR) is 110 cm³/mol. The maximum atomic E-state index is 12.7. The molecule has 1 aromatic heterocycles. The van der Waals surface area contributed by atoms with Gasteiger partial charge in [0, 0.05) is 36.1 Å². The number of benzene rings is 2. The molecule has 3 aromatic rings. The van der Waals surface area contributed by atoms with Crippen molar-refractivity contribution in [1.82, 2.24) is 9.55 Å². The van der Waals surface area contributed by atoms with E-state index in [-0.39, 0.29) is 11.8 Å². The van der Waals surface area contributed by atoms with E-state index < -0.39 is 0 Å². The number of amides is 1. The molecular formula is C22H24ClN3O. The van der Waals surface area contributed by atoms with Crippen LogP contribution in [0, 0.1) is 5.92 Å². The highest BCUT2D eigenvalue weighted by atomic mass is 35.5. The second-order valence-electron chi connectivity index (χ2n) is 7.68. The minimum atomic E-state index is 0.0936. The van der Waals surface area contributed by atoms with Gasteiger partial charge in [0.25, 0.3) is 0 Å². The second-order valence-corrected chi connectivity index (χ2v) is 8.11. The molecular weight excluding hydrogens is 358 g/mol. The van der Waals surface area contributed by atoms with Crippen molar-refractivity contribution in [3.05, 3.63) is 59.4 Å². The Kier molecular flexibility index (Phi) is 4.92. The van der Waals surface area contributed by atoms with E-state index in [1.54, 1.807) is 0 Å². The van der Waals surface area contributed by atoms with E-state index in [2.05, 4.69) is 36.6 Å². The van der Waals surface area contributed by atoms with Gasteiger partial charge in [0.1, 0.15) is 5.82 Å². The zero-order valence-electron chi connectivity index (χ0n) is 15.7. The summed E-state index contributed by atoms with van der Waals surface area (Å²) >= 11 is 6.12. The molecule has 1 aliphatic heterocycles. The zero-order chi connectivity index (χ0) is 19.0. The van der Waals surface area contributed by atoms with Crippen LogP contribution in [0.3, 0.4) is 0 Å². The van der Waals surface area contributed by atoms with Crippen LogP contribution in [-0.2, 0) is 11.3 Å². The summed E-state index contributed by atoms with van der Waals surface area (Å²) in [5.74, 6) is 1.86. The van der Waals surface area contributed by atoms with E-state index in [9.17, 15) is 4.79 Å². The number of hydrogen-bond acceptors (Lipinski definition) is 2. The molecule has 1 fully saturated rings. The quantitative estimate of drug-likeness (QED) is 0.604. The fourth-order valence-corrected chi connectivity index (χ4v) is 3.99. The molecule has 0 spiro atoms. The van der Waals surface area contributed by atoms with E-state index in [0.29, 0.717) is 23.9 Å². The van der Waals surface area contributed by atoms with E-state index in [1.807, 2.05) is 35.2 Å². The number of rotatable bonds is 5. The van der Waals surface area contributed by atoms with Gasteiger partial charge in [-0.2, -0.15) is 0 Å². The molecule has 1 unspecified atom stereocenters. The lowest BCUT2D eigenvalue weighted by molar-refractivity contribution is -0.117. The molecule has 1 saturated heterocycles. The van der Waals surface area contributed by atoms with E-state index in [0.717, 1.165) is 35.5 Å². The monoisotopic (exact) mass is 381 g/mol. The number of anilines is 1. The van der Waals surface area contributed by atoms with Crippen molar-refractivity contribution in [3.8, 4) is 0 Å². The molecule has 4 nitrogen and oxygen atoms in total. The number of carbonyl (C=O) groups is 1.